The lowest BCUT2D eigenvalue weighted by molar-refractivity contribution is -0.112. The first kappa shape index (κ1) is 19.3. The van der Waals surface area contributed by atoms with Crippen molar-refractivity contribution in [1.82, 2.24) is 4.90 Å². The van der Waals surface area contributed by atoms with Crippen molar-refractivity contribution in [3.8, 4) is 11.8 Å². The van der Waals surface area contributed by atoms with Gasteiger partial charge in [0.1, 0.15) is 17.4 Å². The van der Waals surface area contributed by atoms with E-state index in [1.807, 2.05) is 11.0 Å². The number of methoxy groups -OCH3 is 1. The third kappa shape index (κ3) is 4.83. The number of rotatable bonds is 5. The Morgan fingerprint density at radius 3 is 2.46 bits per heavy atom. The highest BCUT2D eigenvalue weighted by molar-refractivity contribution is 6.06. The fourth-order valence-corrected chi connectivity index (χ4v) is 3.13. The van der Waals surface area contributed by atoms with Crippen LogP contribution in [-0.2, 0) is 4.79 Å². The maximum atomic E-state index is 12.4. The van der Waals surface area contributed by atoms with Gasteiger partial charge in [-0.1, -0.05) is 12.1 Å². The summed E-state index contributed by atoms with van der Waals surface area (Å²) in [6, 6.07) is 17.5. The van der Waals surface area contributed by atoms with Crippen LogP contribution in [0.5, 0.6) is 5.75 Å². The molecule has 1 amide bonds. The zero-order valence-electron chi connectivity index (χ0n) is 16.2. The minimum atomic E-state index is -0.409. The number of benzene rings is 2. The monoisotopic (exact) mass is 376 g/mol. The number of nitriles is 1. The van der Waals surface area contributed by atoms with E-state index in [9.17, 15) is 10.1 Å². The van der Waals surface area contributed by atoms with Gasteiger partial charge in [-0.25, -0.2) is 0 Å². The molecule has 0 bridgehead atoms. The van der Waals surface area contributed by atoms with Gasteiger partial charge in [-0.3, -0.25) is 4.79 Å². The van der Waals surface area contributed by atoms with Crippen LogP contribution in [0.15, 0.2) is 60.3 Å². The molecule has 1 aliphatic heterocycles. The average Bonchev–Trinajstić information content (AvgIpc) is 2.73. The second-order valence-corrected chi connectivity index (χ2v) is 6.70. The lowest BCUT2D eigenvalue weighted by Crippen LogP contribution is -2.44. The van der Waals surface area contributed by atoms with Gasteiger partial charge in [-0.2, -0.15) is 5.26 Å². The highest BCUT2D eigenvalue weighted by Gasteiger charge is 2.18. The fraction of sp³-hybridized carbons (Fsp3) is 0.273. The predicted molar refractivity (Wildman–Crippen MR) is 110 cm³/mol. The van der Waals surface area contributed by atoms with E-state index < -0.39 is 5.91 Å². The van der Waals surface area contributed by atoms with E-state index in [1.165, 1.54) is 11.3 Å². The largest absolute Gasteiger partial charge is 0.497 e. The lowest BCUT2D eigenvalue weighted by Gasteiger charge is -2.35. The van der Waals surface area contributed by atoms with Crippen LogP contribution in [-0.4, -0.2) is 44.1 Å². The van der Waals surface area contributed by atoms with Gasteiger partial charge < -0.3 is 19.9 Å². The zero-order valence-corrected chi connectivity index (χ0v) is 16.2. The Bertz CT molecular complexity index is 891. The molecule has 0 spiro atoms. The number of nitrogens with one attached hydrogen (secondary N) is 1. The Kier molecular flexibility index (Phi) is 6.18. The van der Waals surface area contributed by atoms with Crippen LogP contribution < -0.4 is 15.0 Å². The molecular formula is C22H24N4O2. The number of carbonyl (C=O) groups is 1. The molecule has 0 aromatic heterocycles. The number of piperazine rings is 1. The van der Waals surface area contributed by atoms with Crippen molar-refractivity contribution < 1.29 is 9.53 Å². The normalized spacial score (nSPS) is 14.4. The summed E-state index contributed by atoms with van der Waals surface area (Å²) in [7, 11) is 1.59. The Balaban J connectivity index is 1.60. The van der Waals surface area contributed by atoms with Gasteiger partial charge >= 0.3 is 0 Å². The molecule has 1 fully saturated rings. The smallest absolute Gasteiger partial charge is 0.267 e. The molecule has 0 aliphatic carbocycles. The van der Waals surface area contributed by atoms with E-state index in [4.69, 9.17) is 4.74 Å². The van der Waals surface area contributed by atoms with Crippen molar-refractivity contribution in [2.75, 3.05) is 43.5 Å². The number of nitrogens with zero attached hydrogens (tertiary/aromatic N) is 3. The number of anilines is 2. The summed E-state index contributed by atoms with van der Waals surface area (Å²) in [5.41, 5.74) is 3.17. The van der Waals surface area contributed by atoms with Crippen LogP contribution in [0, 0.1) is 18.3 Å². The molecule has 6 nitrogen and oxygen atoms in total. The first-order chi connectivity index (χ1) is 13.6. The number of aryl methyl sites for hydroxylation is 1. The van der Waals surface area contributed by atoms with Crippen molar-refractivity contribution in [2.24, 2.45) is 0 Å². The van der Waals surface area contributed by atoms with E-state index in [-0.39, 0.29) is 5.57 Å². The summed E-state index contributed by atoms with van der Waals surface area (Å²) in [5, 5.41) is 12.2. The zero-order chi connectivity index (χ0) is 19.9. The number of amides is 1. The summed E-state index contributed by atoms with van der Waals surface area (Å²) in [6.45, 7) is 5.30. The Morgan fingerprint density at radius 1 is 1.14 bits per heavy atom. The maximum Gasteiger partial charge on any atom is 0.267 e. The second kappa shape index (κ2) is 8.96. The predicted octanol–water partition coefficient (Wildman–Crippen LogP) is 3.17. The van der Waals surface area contributed by atoms with Gasteiger partial charge in [-0.05, 0) is 48.9 Å². The molecule has 6 heteroatoms. The highest BCUT2D eigenvalue weighted by atomic mass is 16.5. The van der Waals surface area contributed by atoms with Crippen molar-refractivity contribution in [3.05, 3.63) is 65.9 Å². The molecule has 144 valence electrons. The molecule has 1 saturated heterocycles. The second-order valence-electron chi connectivity index (χ2n) is 6.70. The van der Waals surface area contributed by atoms with Gasteiger partial charge in [0.25, 0.3) is 5.91 Å². The van der Waals surface area contributed by atoms with Crippen molar-refractivity contribution >= 4 is 17.3 Å². The van der Waals surface area contributed by atoms with E-state index in [1.54, 1.807) is 37.6 Å². The van der Waals surface area contributed by atoms with Gasteiger partial charge in [0.2, 0.25) is 0 Å². The third-order valence-corrected chi connectivity index (χ3v) is 4.71. The molecule has 0 atom stereocenters. The average molecular weight is 376 g/mol. The molecule has 1 heterocycles. The van der Waals surface area contributed by atoms with Gasteiger partial charge in [0.15, 0.2) is 0 Å². The molecular weight excluding hydrogens is 352 g/mol. The van der Waals surface area contributed by atoms with E-state index >= 15 is 0 Å². The number of hydrogen-bond acceptors (Lipinski definition) is 5. The van der Waals surface area contributed by atoms with E-state index in [0.29, 0.717) is 11.4 Å². The molecule has 0 unspecified atom stereocenters. The topological polar surface area (TPSA) is 68.6 Å². The summed E-state index contributed by atoms with van der Waals surface area (Å²) in [4.78, 5) is 16.8. The van der Waals surface area contributed by atoms with Crippen LogP contribution in [0.25, 0.3) is 0 Å². The first-order valence-corrected chi connectivity index (χ1v) is 9.22. The van der Waals surface area contributed by atoms with E-state index in [0.717, 1.165) is 26.2 Å². The van der Waals surface area contributed by atoms with Gasteiger partial charge in [0.05, 0.1) is 7.11 Å². The SMILES string of the molecule is COc1ccc(NC(=O)/C(C#N)=C\N2CCN(c3cccc(C)c3)CC2)cc1. The Morgan fingerprint density at radius 2 is 1.86 bits per heavy atom. The molecule has 1 N–H and O–H groups in total. The standard InChI is InChI=1S/C22H24N4O2/c1-17-4-3-5-20(14-17)26-12-10-25(11-13-26)16-18(15-23)22(27)24-19-6-8-21(28-2)9-7-19/h3-9,14,16H,10-13H2,1-2H3,(H,24,27)/b18-16-. The van der Waals surface area contributed by atoms with Crippen LogP contribution in [0.1, 0.15) is 5.56 Å². The maximum absolute atomic E-state index is 12.4. The Hall–Kier alpha value is -3.46. The molecule has 2 aromatic rings. The highest BCUT2D eigenvalue weighted by Crippen LogP contribution is 2.19. The van der Waals surface area contributed by atoms with Crippen LogP contribution >= 0.6 is 0 Å². The molecule has 2 aromatic carbocycles. The van der Waals surface area contributed by atoms with Crippen LogP contribution in [0.2, 0.25) is 0 Å². The van der Waals surface area contributed by atoms with Gasteiger partial charge in [-0.15, -0.1) is 0 Å². The summed E-state index contributed by atoms with van der Waals surface area (Å²) in [6.07, 6.45) is 1.66. The minimum absolute atomic E-state index is 0.0971. The van der Waals surface area contributed by atoms with Crippen molar-refractivity contribution in [1.29, 1.82) is 5.26 Å². The van der Waals surface area contributed by atoms with Crippen LogP contribution in [0.3, 0.4) is 0 Å². The number of ether oxygens (including phenoxy) is 1. The summed E-state index contributed by atoms with van der Waals surface area (Å²) >= 11 is 0. The van der Waals surface area contributed by atoms with Crippen molar-refractivity contribution in [3.63, 3.8) is 0 Å². The fourth-order valence-electron chi connectivity index (χ4n) is 3.13. The first-order valence-electron chi connectivity index (χ1n) is 9.22. The summed E-state index contributed by atoms with van der Waals surface area (Å²) < 4.78 is 5.10. The quantitative estimate of drug-likeness (QED) is 0.641. The number of hydrogen-bond donors (Lipinski definition) is 1. The van der Waals surface area contributed by atoms with Crippen LogP contribution in [0.4, 0.5) is 11.4 Å². The molecule has 0 saturated carbocycles. The Labute approximate surface area is 165 Å². The van der Waals surface area contributed by atoms with Gasteiger partial charge in [0, 0.05) is 43.8 Å². The van der Waals surface area contributed by atoms with E-state index in [2.05, 4.69) is 41.4 Å². The lowest BCUT2D eigenvalue weighted by atomic mass is 10.2. The third-order valence-electron chi connectivity index (χ3n) is 4.71. The summed E-state index contributed by atoms with van der Waals surface area (Å²) in [5.74, 6) is 0.300. The minimum Gasteiger partial charge on any atom is -0.497 e. The molecule has 28 heavy (non-hydrogen) atoms. The molecule has 3 rings (SSSR count). The van der Waals surface area contributed by atoms with Crippen molar-refractivity contribution in [2.45, 2.75) is 6.92 Å². The number of carbonyl (C=O) groups excluding carboxylic acids is 1. The molecule has 0 radical (unpaired) electrons. The molecule has 1 aliphatic rings.